The summed E-state index contributed by atoms with van der Waals surface area (Å²) in [4.78, 5) is 34.4. The second-order valence-electron chi connectivity index (χ2n) is 8.13. The van der Waals surface area contributed by atoms with E-state index < -0.39 is 17.8 Å². The summed E-state index contributed by atoms with van der Waals surface area (Å²) in [5, 5.41) is 6.02. The number of allylic oxidation sites excluding steroid dienone is 1. The van der Waals surface area contributed by atoms with Gasteiger partial charge in [0.25, 0.3) is 0 Å². The third-order valence-corrected chi connectivity index (χ3v) is 7.24. The summed E-state index contributed by atoms with van der Waals surface area (Å²) in [7, 11) is 1.40. The average Bonchev–Trinajstić information content (AvgIpc) is 3.38. The molecule has 1 N–H and O–H groups in total. The van der Waals surface area contributed by atoms with E-state index in [-0.39, 0.29) is 29.4 Å². The van der Waals surface area contributed by atoms with Crippen molar-refractivity contribution in [3.63, 3.8) is 0 Å². The van der Waals surface area contributed by atoms with Gasteiger partial charge in [0.2, 0.25) is 0 Å². The number of thiazole rings is 1. The third-order valence-electron chi connectivity index (χ3n) is 6.13. The summed E-state index contributed by atoms with van der Waals surface area (Å²) in [6, 6.07) is 3.26. The van der Waals surface area contributed by atoms with Crippen LogP contribution in [-0.4, -0.2) is 36.5 Å². The van der Waals surface area contributed by atoms with E-state index in [1.165, 1.54) is 30.6 Å². The van der Waals surface area contributed by atoms with Crippen molar-refractivity contribution in [1.82, 2.24) is 10.3 Å². The molecule has 2 heterocycles. The molecule has 2 aromatic rings. The van der Waals surface area contributed by atoms with Crippen molar-refractivity contribution in [2.24, 2.45) is 16.8 Å². The number of hydrogen-bond acceptors (Lipinski definition) is 8. The summed E-state index contributed by atoms with van der Waals surface area (Å²) >= 11 is 7.83. The molecule has 34 heavy (non-hydrogen) atoms. The maximum Gasteiger partial charge on any atom is 0.338 e. The SMILES string of the molecule is CCOC(=O)C1=C(C2CCC(C(=O)OC)CC2)NC(c2nccs2)=NC1c1ccc(F)cc1Cl. The molecule has 0 saturated heterocycles. The van der Waals surface area contributed by atoms with Crippen molar-refractivity contribution in [3.05, 3.63) is 62.5 Å². The molecule has 0 radical (unpaired) electrons. The van der Waals surface area contributed by atoms with Gasteiger partial charge in [0.1, 0.15) is 11.9 Å². The summed E-state index contributed by atoms with van der Waals surface area (Å²) in [6.07, 6.45) is 4.32. The van der Waals surface area contributed by atoms with E-state index in [0.29, 0.717) is 53.4 Å². The zero-order chi connectivity index (χ0) is 24.2. The molecule has 10 heteroatoms. The standard InChI is InChI=1S/C24H25ClFN3O4S/c1-3-33-24(31)18-19(13-4-6-14(7-5-13)23(30)32-2)28-21(22-27-10-11-34-22)29-20(18)16-9-8-15(26)12-17(16)25/h8-14,20H,3-7H2,1-2H3,(H,28,29). The minimum Gasteiger partial charge on any atom is -0.469 e. The smallest absolute Gasteiger partial charge is 0.338 e. The number of nitrogens with zero attached hydrogens (tertiary/aromatic N) is 2. The number of rotatable bonds is 6. The molecular formula is C24H25ClFN3O4S. The van der Waals surface area contributed by atoms with E-state index in [1.54, 1.807) is 19.2 Å². The van der Waals surface area contributed by atoms with Crippen molar-refractivity contribution in [2.45, 2.75) is 38.6 Å². The van der Waals surface area contributed by atoms with Gasteiger partial charge >= 0.3 is 11.9 Å². The molecular weight excluding hydrogens is 481 g/mol. The van der Waals surface area contributed by atoms with Crippen LogP contribution in [0.2, 0.25) is 5.02 Å². The number of benzene rings is 1. The highest BCUT2D eigenvalue weighted by molar-refractivity contribution is 7.11. The molecule has 2 aliphatic rings. The number of carbonyl (C=O) groups excluding carboxylic acids is 2. The predicted octanol–water partition coefficient (Wildman–Crippen LogP) is 4.82. The normalized spacial score (nSPS) is 22.6. The molecule has 0 amide bonds. The topological polar surface area (TPSA) is 89.9 Å². The van der Waals surface area contributed by atoms with E-state index >= 15 is 0 Å². The predicted molar refractivity (Wildman–Crippen MR) is 127 cm³/mol. The van der Waals surface area contributed by atoms with Crippen LogP contribution in [0.3, 0.4) is 0 Å². The van der Waals surface area contributed by atoms with Crippen molar-refractivity contribution < 1.29 is 23.5 Å². The molecule has 0 bridgehead atoms. The molecule has 4 rings (SSSR count). The molecule has 1 aliphatic carbocycles. The number of ether oxygens (including phenoxy) is 2. The largest absolute Gasteiger partial charge is 0.469 e. The highest BCUT2D eigenvalue weighted by Crippen LogP contribution is 2.42. The molecule has 0 spiro atoms. The lowest BCUT2D eigenvalue weighted by atomic mass is 9.78. The van der Waals surface area contributed by atoms with Crippen LogP contribution in [0.5, 0.6) is 0 Å². The van der Waals surface area contributed by atoms with E-state index in [1.807, 2.05) is 5.38 Å². The van der Waals surface area contributed by atoms with Crippen LogP contribution in [0.25, 0.3) is 0 Å². The Bertz CT molecular complexity index is 1130. The second-order valence-corrected chi connectivity index (χ2v) is 9.43. The van der Waals surface area contributed by atoms with Crippen LogP contribution in [-0.2, 0) is 19.1 Å². The number of aromatic nitrogens is 1. The molecule has 1 unspecified atom stereocenters. The van der Waals surface area contributed by atoms with Crippen LogP contribution in [0.1, 0.15) is 49.2 Å². The zero-order valence-corrected chi connectivity index (χ0v) is 20.4. The Morgan fingerprint density at radius 1 is 1.26 bits per heavy atom. The zero-order valence-electron chi connectivity index (χ0n) is 18.8. The fraction of sp³-hybridized carbons (Fsp3) is 0.417. The lowest BCUT2D eigenvalue weighted by molar-refractivity contribution is -0.146. The molecule has 1 saturated carbocycles. The number of methoxy groups -OCH3 is 1. The van der Waals surface area contributed by atoms with Gasteiger partial charge in [-0.1, -0.05) is 17.7 Å². The molecule has 1 atom stereocenters. The van der Waals surface area contributed by atoms with E-state index in [9.17, 15) is 14.0 Å². The number of halogens is 2. The van der Waals surface area contributed by atoms with Crippen molar-refractivity contribution >= 4 is 40.7 Å². The molecule has 1 aromatic carbocycles. The van der Waals surface area contributed by atoms with Gasteiger partial charge in [0.05, 0.1) is 25.2 Å². The quantitative estimate of drug-likeness (QED) is 0.566. The third kappa shape index (κ3) is 5.00. The Kier molecular flexibility index (Phi) is 7.63. The van der Waals surface area contributed by atoms with Gasteiger partial charge in [-0.2, -0.15) is 0 Å². The van der Waals surface area contributed by atoms with E-state index in [2.05, 4.69) is 10.3 Å². The van der Waals surface area contributed by atoms with Crippen LogP contribution < -0.4 is 5.32 Å². The Labute approximate surface area is 206 Å². The summed E-state index contributed by atoms with van der Waals surface area (Å²) in [5.74, 6) is -0.880. The maximum atomic E-state index is 13.8. The first kappa shape index (κ1) is 24.3. The van der Waals surface area contributed by atoms with Crippen LogP contribution >= 0.6 is 22.9 Å². The molecule has 180 valence electrons. The number of nitrogens with one attached hydrogen (secondary N) is 1. The molecule has 1 aromatic heterocycles. The Balaban J connectivity index is 1.80. The van der Waals surface area contributed by atoms with Gasteiger partial charge < -0.3 is 14.8 Å². The van der Waals surface area contributed by atoms with Crippen molar-refractivity contribution in [1.29, 1.82) is 0 Å². The Hall–Kier alpha value is -2.78. The Morgan fingerprint density at radius 2 is 2.03 bits per heavy atom. The van der Waals surface area contributed by atoms with E-state index in [4.69, 9.17) is 26.1 Å². The second kappa shape index (κ2) is 10.7. The first-order valence-electron chi connectivity index (χ1n) is 11.1. The van der Waals surface area contributed by atoms with Gasteiger partial charge in [-0.25, -0.2) is 14.2 Å². The number of hydrogen-bond donors (Lipinski definition) is 1. The summed E-state index contributed by atoms with van der Waals surface area (Å²) in [6.45, 7) is 1.93. The van der Waals surface area contributed by atoms with Gasteiger partial charge in [-0.15, -0.1) is 11.3 Å². The molecule has 1 aliphatic heterocycles. The number of carbonyl (C=O) groups is 2. The number of esters is 2. The Morgan fingerprint density at radius 3 is 2.65 bits per heavy atom. The first-order valence-corrected chi connectivity index (χ1v) is 12.4. The summed E-state index contributed by atoms with van der Waals surface area (Å²) in [5.41, 5.74) is 1.53. The highest BCUT2D eigenvalue weighted by Gasteiger charge is 2.38. The fourth-order valence-electron chi connectivity index (χ4n) is 4.50. The average molecular weight is 506 g/mol. The fourth-order valence-corrected chi connectivity index (χ4v) is 5.36. The summed E-state index contributed by atoms with van der Waals surface area (Å²) < 4.78 is 24.1. The maximum absolute atomic E-state index is 13.8. The van der Waals surface area contributed by atoms with Crippen LogP contribution in [0, 0.1) is 17.7 Å². The minimum absolute atomic E-state index is 0.0347. The lowest BCUT2D eigenvalue weighted by Crippen LogP contribution is -2.38. The first-order chi connectivity index (χ1) is 16.4. The van der Waals surface area contributed by atoms with Gasteiger partial charge in [0, 0.05) is 27.9 Å². The highest BCUT2D eigenvalue weighted by atomic mass is 35.5. The number of amidine groups is 1. The number of aliphatic imine (C=N–C) groups is 1. The van der Waals surface area contributed by atoms with Crippen molar-refractivity contribution in [3.8, 4) is 0 Å². The van der Waals surface area contributed by atoms with Gasteiger partial charge in [-0.3, -0.25) is 9.79 Å². The van der Waals surface area contributed by atoms with E-state index in [0.717, 1.165) is 0 Å². The lowest BCUT2D eigenvalue weighted by Gasteiger charge is -2.34. The molecule has 7 nitrogen and oxygen atoms in total. The van der Waals surface area contributed by atoms with Crippen molar-refractivity contribution in [2.75, 3.05) is 13.7 Å². The minimum atomic E-state index is -0.791. The van der Waals surface area contributed by atoms with Crippen LogP contribution in [0.4, 0.5) is 4.39 Å². The monoisotopic (exact) mass is 505 g/mol. The van der Waals surface area contributed by atoms with Gasteiger partial charge in [-0.05, 0) is 50.7 Å². The van der Waals surface area contributed by atoms with Crippen LogP contribution in [0.15, 0.2) is 46.0 Å². The molecule has 1 fully saturated rings. The van der Waals surface area contributed by atoms with Gasteiger partial charge in [0.15, 0.2) is 10.8 Å².